The molecule has 0 spiro atoms. The third-order valence-electron chi connectivity index (χ3n) is 4.48. The van der Waals surface area contributed by atoms with Gasteiger partial charge in [0.1, 0.15) is 11.5 Å². The summed E-state index contributed by atoms with van der Waals surface area (Å²) in [5, 5.41) is 9.07. The standard InChI is InChI=1S/C15H22N6O2/c1-16-14(22)12-7-6-10(20(12)2)11-5-3-4-8-21(11)9-13-17-15(23)19-18-13/h6-7,11H,3-5,8-9H2,1-2H3,(H,16,22)(H2,17,18,19,23)/t11-/m0/s1. The smallest absolute Gasteiger partial charge is 0.340 e. The molecule has 3 heterocycles. The number of nitrogens with zero attached hydrogens (tertiary/aromatic N) is 3. The minimum absolute atomic E-state index is 0.0854. The van der Waals surface area contributed by atoms with E-state index in [1.807, 2.05) is 23.7 Å². The third-order valence-corrected chi connectivity index (χ3v) is 4.48. The molecular formula is C15H22N6O2. The Labute approximate surface area is 133 Å². The van der Waals surface area contributed by atoms with Crippen LogP contribution in [-0.2, 0) is 13.6 Å². The highest BCUT2D eigenvalue weighted by Gasteiger charge is 2.28. The summed E-state index contributed by atoms with van der Waals surface area (Å²) in [6.45, 7) is 1.53. The molecule has 1 amide bonds. The van der Waals surface area contributed by atoms with E-state index in [2.05, 4.69) is 25.4 Å². The highest BCUT2D eigenvalue weighted by atomic mass is 16.2. The van der Waals surface area contributed by atoms with Crippen molar-refractivity contribution in [1.82, 2.24) is 30.0 Å². The van der Waals surface area contributed by atoms with Gasteiger partial charge in [-0.3, -0.25) is 14.7 Å². The van der Waals surface area contributed by atoms with Gasteiger partial charge in [-0.1, -0.05) is 6.42 Å². The molecule has 1 fully saturated rings. The molecule has 124 valence electrons. The highest BCUT2D eigenvalue weighted by Crippen LogP contribution is 2.32. The molecule has 0 bridgehead atoms. The van der Waals surface area contributed by atoms with Crippen molar-refractivity contribution in [1.29, 1.82) is 0 Å². The number of carbonyl (C=O) groups is 1. The number of H-pyrrole nitrogens is 2. The van der Waals surface area contributed by atoms with Crippen LogP contribution in [0.25, 0.3) is 0 Å². The van der Waals surface area contributed by atoms with Crippen molar-refractivity contribution in [3.05, 3.63) is 39.8 Å². The van der Waals surface area contributed by atoms with Crippen molar-refractivity contribution in [2.45, 2.75) is 31.8 Å². The number of rotatable bonds is 4. The number of piperidine rings is 1. The van der Waals surface area contributed by atoms with Crippen LogP contribution in [0.2, 0.25) is 0 Å². The van der Waals surface area contributed by atoms with Gasteiger partial charge in [-0.2, -0.15) is 5.10 Å². The number of likely N-dealkylation sites (tertiary alicyclic amines) is 1. The van der Waals surface area contributed by atoms with E-state index < -0.39 is 0 Å². The number of aromatic amines is 2. The topological polar surface area (TPSA) is 98.8 Å². The van der Waals surface area contributed by atoms with Crippen molar-refractivity contribution in [3.8, 4) is 0 Å². The van der Waals surface area contributed by atoms with Crippen molar-refractivity contribution < 1.29 is 4.79 Å². The van der Waals surface area contributed by atoms with Gasteiger partial charge in [0, 0.05) is 19.8 Å². The van der Waals surface area contributed by atoms with Gasteiger partial charge in [-0.15, -0.1) is 0 Å². The van der Waals surface area contributed by atoms with Gasteiger partial charge < -0.3 is 9.88 Å². The molecule has 8 nitrogen and oxygen atoms in total. The van der Waals surface area contributed by atoms with E-state index in [9.17, 15) is 9.59 Å². The number of aromatic nitrogens is 4. The van der Waals surface area contributed by atoms with E-state index in [1.54, 1.807) is 7.05 Å². The Hall–Kier alpha value is -2.35. The Kier molecular flexibility index (Phi) is 4.33. The van der Waals surface area contributed by atoms with Crippen LogP contribution in [0.1, 0.15) is 47.3 Å². The van der Waals surface area contributed by atoms with Gasteiger partial charge in [0.15, 0.2) is 0 Å². The van der Waals surface area contributed by atoms with E-state index in [4.69, 9.17) is 0 Å². The van der Waals surface area contributed by atoms with Crippen LogP contribution in [0.15, 0.2) is 16.9 Å². The van der Waals surface area contributed by atoms with Crippen molar-refractivity contribution in [3.63, 3.8) is 0 Å². The van der Waals surface area contributed by atoms with Crippen LogP contribution in [0.5, 0.6) is 0 Å². The number of amides is 1. The van der Waals surface area contributed by atoms with Crippen LogP contribution in [0, 0.1) is 0 Å². The van der Waals surface area contributed by atoms with Crippen molar-refractivity contribution in [2.75, 3.05) is 13.6 Å². The molecular weight excluding hydrogens is 296 g/mol. The summed E-state index contributed by atoms with van der Waals surface area (Å²) in [6, 6.07) is 4.09. The molecule has 0 saturated carbocycles. The minimum Gasteiger partial charge on any atom is -0.354 e. The summed E-state index contributed by atoms with van der Waals surface area (Å²) in [5.74, 6) is 0.556. The van der Waals surface area contributed by atoms with Crippen LogP contribution in [0.3, 0.4) is 0 Å². The van der Waals surface area contributed by atoms with Crippen LogP contribution in [-0.4, -0.2) is 44.1 Å². The van der Waals surface area contributed by atoms with Crippen LogP contribution >= 0.6 is 0 Å². The zero-order chi connectivity index (χ0) is 16.4. The fraction of sp³-hybridized carbons (Fsp3) is 0.533. The zero-order valence-corrected chi connectivity index (χ0v) is 13.4. The first-order valence-corrected chi connectivity index (χ1v) is 7.85. The summed E-state index contributed by atoms with van der Waals surface area (Å²) < 4.78 is 1.95. The second-order valence-corrected chi connectivity index (χ2v) is 5.89. The molecule has 3 rings (SSSR count). The fourth-order valence-electron chi connectivity index (χ4n) is 3.31. The lowest BCUT2D eigenvalue weighted by molar-refractivity contribution is 0.0952. The largest absolute Gasteiger partial charge is 0.354 e. The molecule has 0 aliphatic carbocycles. The molecule has 1 atom stereocenters. The van der Waals surface area contributed by atoms with E-state index in [-0.39, 0.29) is 17.6 Å². The Morgan fingerprint density at radius 2 is 2.26 bits per heavy atom. The summed E-state index contributed by atoms with van der Waals surface area (Å²) in [5.41, 5.74) is 1.48. The van der Waals surface area contributed by atoms with Gasteiger partial charge in [0.25, 0.3) is 5.91 Å². The Morgan fingerprint density at radius 1 is 1.43 bits per heavy atom. The molecule has 0 aromatic carbocycles. The second kappa shape index (κ2) is 6.41. The maximum atomic E-state index is 11.9. The second-order valence-electron chi connectivity index (χ2n) is 5.89. The van der Waals surface area contributed by atoms with Crippen molar-refractivity contribution >= 4 is 5.91 Å². The zero-order valence-electron chi connectivity index (χ0n) is 13.4. The van der Waals surface area contributed by atoms with Gasteiger partial charge in [-0.05, 0) is 31.5 Å². The Balaban J connectivity index is 1.85. The number of hydrogen-bond acceptors (Lipinski definition) is 4. The molecule has 8 heteroatoms. The summed E-state index contributed by atoms with van der Waals surface area (Å²) >= 11 is 0. The van der Waals surface area contributed by atoms with E-state index in [1.165, 1.54) is 0 Å². The van der Waals surface area contributed by atoms with E-state index >= 15 is 0 Å². The quantitative estimate of drug-likeness (QED) is 0.765. The van der Waals surface area contributed by atoms with Crippen LogP contribution in [0.4, 0.5) is 0 Å². The predicted molar refractivity (Wildman–Crippen MR) is 85.0 cm³/mol. The molecule has 1 aliphatic heterocycles. The van der Waals surface area contributed by atoms with Gasteiger partial charge in [0.2, 0.25) is 0 Å². The normalized spacial score (nSPS) is 19.0. The molecule has 23 heavy (non-hydrogen) atoms. The van der Waals surface area contributed by atoms with E-state index in [0.29, 0.717) is 18.1 Å². The van der Waals surface area contributed by atoms with Gasteiger partial charge >= 0.3 is 5.69 Å². The Morgan fingerprint density at radius 3 is 2.96 bits per heavy atom. The molecule has 1 saturated heterocycles. The van der Waals surface area contributed by atoms with Crippen molar-refractivity contribution in [2.24, 2.45) is 7.05 Å². The first kappa shape index (κ1) is 15.5. The molecule has 2 aromatic heterocycles. The average molecular weight is 318 g/mol. The van der Waals surface area contributed by atoms with Gasteiger partial charge in [-0.25, -0.2) is 9.89 Å². The summed E-state index contributed by atoms with van der Waals surface area (Å²) in [4.78, 5) is 28.1. The number of hydrogen-bond donors (Lipinski definition) is 3. The maximum Gasteiger partial charge on any atom is 0.340 e. The lowest BCUT2D eigenvalue weighted by Crippen LogP contribution is -2.34. The SMILES string of the molecule is CNC(=O)c1ccc([C@@H]2CCCCN2Cc2n[nH]c(=O)[nH]2)n1C. The molecule has 0 unspecified atom stereocenters. The highest BCUT2D eigenvalue weighted by molar-refractivity contribution is 5.92. The lowest BCUT2D eigenvalue weighted by Gasteiger charge is -2.35. The average Bonchev–Trinajstić information content (AvgIpc) is 3.13. The first-order chi connectivity index (χ1) is 11.1. The minimum atomic E-state index is -0.283. The molecule has 1 aliphatic rings. The fourth-order valence-corrected chi connectivity index (χ4v) is 3.31. The monoisotopic (exact) mass is 318 g/mol. The number of carbonyl (C=O) groups excluding carboxylic acids is 1. The lowest BCUT2D eigenvalue weighted by atomic mass is 9.99. The Bertz CT molecular complexity index is 743. The molecule has 3 N–H and O–H groups in total. The molecule has 0 radical (unpaired) electrons. The maximum absolute atomic E-state index is 11.9. The molecule has 2 aromatic rings. The van der Waals surface area contributed by atoms with Gasteiger partial charge in [0.05, 0.1) is 12.6 Å². The van der Waals surface area contributed by atoms with E-state index in [0.717, 1.165) is 31.5 Å². The predicted octanol–water partition coefficient (Wildman–Crippen LogP) is 0.523. The first-order valence-electron chi connectivity index (χ1n) is 7.85. The third kappa shape index (κ3) is 3.07. The van der Waals surface area contributed by atoms with Crippen LogP contribution < -0.4 is 11.0 Å². The summed E-state index contributed by atoms with van der Waals surface area (Å²) in [6.07, 6.45) is 3.30. The summed E-state index contributed by atoms with van der Waals surface area (Å²) in [7, 11) is 3.55. The number of nitrogens with one attached hydrogen (secondary N) is 3.